The van der Waals surface area contributed by atoms with Gasteiger partial charge in [0.25, 0.3) is 0 Å². The predicted molar refractivity (Wildman–Crippen MR) is 140 cm³/mol. The number of benzene rings is 2. The van der Waals surface area contributed by atoms with Crippen LogP contribution in [0.2, 0.25) is 5.02 Å². The van der Waals surface area contributed by atoms with Gasteiger partial charge in [0.1, 0.15) is 0 Å². The maximum absolute atomic E-state index is 13.2. The monoisotopic (exact) mass is 518 g/mol. The lowest BCUT2D eigenvalue weighted by Crippen LogP contribution is -2.37. The Bertz CT molecular complexity index is 1420. The summed E-state index contributed by atoms with van der Waals surface area (Å²) in [6.45, 7) is 10.3. The Morgan fingerprint density at radius 3 is 2.29 bits per heavy atom. The fourth-order valence-electron chi connectivity index (χ4n) is 4.93. The van der Waals surface area contributed by atoms with Crippen molar-refractivity contribution in [3.63, 3.8) is 0 Å². The van der Waals surface area contributed by atoms with Crippen molar-refractivity contribution >= 4 is 44.2 Å². The Hall–Kier alpha value is -2.55. The fraction of sp³-hybridized carbons (Fsp3) is 0.423. The highest BCUT2D eigenvalue weighted by atomic mass is 35.5. The second-order valence-electron chi connectivity index (χ2n) is 9.94. The molecule has 35 heavy (non-hydrogen) atoms. The lowest BCUT2D eigenvalue weighted by Gasteiger charge is -2.35. The molecule has 0 fully saturated rings. The predicted octanol–water partition coefficient (Wildman–Crippen LogP) is 5.39. The molecule has 0 amide bonds. The Morgan fingerprint density at radius 1 is 1.11 bits per heavy atom. The van der Waals surface area contributed by atoms with Crippen LogP contribution in [0.3, 0.4) is 0 Å². The molecule has 1 atom stereocenters. The van der Waals surface area contributed by atoms with E-state index < -0.39 is 27.7 Å². The number of rotatable bonds is 5. The van der Waals surface area contributed by atoms with Crippen molar-refractivity contribution in [1.29, 1.82) is 0 Å². The lowest BCUT2D eigenvalue weighted by atomic mass is 9.87. The fourth-order valence-corrected chi connectivity index (χ4v) is 6.02. The number of ether oxygens (including phenoxy) is 2. The largest absolute Gasteiger partial charge is 0.467 e. The molecule has 7 nitrogen and oxygen atoms in total. The molecule has 1 aliphatic rings. The minimum Gasteiger partial charge on any atom is -0.467 e. The highest BCUT2D eigenvalue weighted by molar-refractivity contribution is 7.92. The van der Waals surface area contributed by atoms with Gasteiger partial charge < -0.3 is 14.0 Å². The molecular weight excluding hydrogens is 488 g/mol. The molecule has 0 radical (unpaired) electrons. The van der Waals surface area contributed by atoms with Crippen molar-refractivity contribution in [1.82, 2.24) is 4.57 Å². The van der Waals surface area contributed by atoms with Gasteiger partial charge in [-0.05, 0) is 69.5 Å². The molecule has 0 spiro atoms. The van der Waals surface area contributed by atoms with Crippen LogP contribution in [0.5, 0.6) is 0 Å². The van der Waals surface area contributed by atoms with E-state index in [2.05, 4.69) is 4.57 Å². The standard InChI is InChI=1S/C26H31ClN2O5S/c1-15-14-19-21(17-8-10-18(27)11-9-17)20(24(25(30)33-6)34-26(3,4)5)16(2)22-23(19)28(15)12-13-29(22)35(7,31)32/h8-11,14,24H,12-13H2,1-7H3. The number of sulfonamides is 1. The highest BCUT2D eigenvalue weighted by Gasteiger charge is 2.38. The summed E-state index contributed by atoms with van der Waals surface area (Å²) in [6, 6.07) is 9.44. The summed E-state index contributed by atoms with van der Waals surface area (Å²) in [7, 11) is -2.25. The highest BCUT2D eigenvalue weighted by Crippen LogP contribution is 2.48. The summed E-state index contributed by atoms with van der Waals surface area (Å²) >= 11 is 6.19. The third-order valence-electron chi connectivity index (χ3n) is 6.28. The van der Waals surface area contributed by atoms with Crippen LogP contribution in [0.1, 0.15) is 43.7 Å². The first-order chi connectivity index (χ1) is 16.2. The minimum absolute atomic E-state index is 0.306. The van der Waals surface area contributed by atoms with Crippen LogP contribution in [0.15, 0.2) is 30.3 Å². The number of carbonyl (C=O) groups is 1. The van der Waals surface area contributed by atoms with Crippen molar-refractivity contribution in [2.75, 3.05) is 24.2 Å². The molecule has 0 bridgehead atoms. The molecule has 3 aromatic rings. The molecule has 9 heteroatoms. The molecule has 0 N–H and O–H groups in total. The first-order valence-electron chi connectivity index (χ1n) is 11.4. The summed E-state index contributed by atoms with van der Waals surface area (Å²) in [4.78, 5) is 13.2. The van der Waals surface area contributed by atoms with Crippen LogP contribution >= 0.6 is 11.6 Å². The van der Waals surface area contributed by atoms with Crippen LogP contribution in [0.4, 0.5) is 5.69 Å². The third kappa shape index (κ3) is 4.55. The number of hydrogen-bond donors (Lipinski definition) is 0. The van der Waals surface area contributed by atoms with E-state index in [0.29, 0.717) is 34.9 Å². The van der Waals surface area contributed by atoms with Gasteiger partial charge in [-0.2, -0.15) is 0 Å². The topological polar surface area (TPSA) is 77.8 Å². The van der Waals surface area contributed by atoms with Gasteiger partial charge in [-0.3, -0.25) is 4.31 Å². The Kier molecular flexibility index (Phi) is 6.45. The molecule has 188 valence electrons. The Balaban J connectivity index is 2.21. The van der Waals surface area contributed by atoms with E-state index in [4.69, 9.17) is 21.1 Å². The van der Waals surface area contributed by atoms with Crippen LogP contribution in [0, 0.1) is 13.8 Å². The smallest absolute Gasteiger partial charge is 0.339 e. The maximum atomic E-state index is 13.2. The van der Waals surface area contributed by atoms with Crippen molar-refractivity contribution < 1.29 is 22.7 Å². The van der Waals surface area contributed by atoms with Gasteiger partial charge in [-0.15, -0.1) is 0 Å². The normalized spacial score (nSPS) is 14.9. The SMILES string of the molecule is COC(=O)C(OC(C)(C)C)c1c(C)c2c3c(cc(C)n3CCN2S(C)(=O)=O)c1-c1ccc(Cl)cc1. The number of aromatic nitrogens is 1. The number of carbonyl (C=O) groups excluding carboxylic acids is 1. The zero-order valence-corrected chi connectivity index (χ0v) is 22.7. The average Bonchev–Trinajstić information content (AvgIpc) is 3.10. The van der Waals surface area contributed by atoms with Gasteiger partial charge >= 0.3 is 5.97 Å². The number of nitrogens with zero attached hydrogens (tertiary/aromatic N) is 2. The quantitative estimate of drug-likeness (QED) is 0.423. The van der Waals surface area contributed by atoms with E-state index in [1.165, 1.54) is 17.7 Å². The van der Waals surface area contributed by atoms with Gasteiger partial charge in [0.05, 0.1) is 36.7 Å². The summed E-state index contributed by atoms with van der Waals surface area (Å²) in [5.74, 6) is -0.553. The van der Waals surface area contributed by atoms with Crippen LogP contribution in [-0.2, 0) is 30.8 Å². The zero-order chi connectivity index (χ0) is 25.9. The van der Waals surface area contributed by atoms with E-state index in [-0.39, 0.29) is 0 Å². The maximum Gasteiger partial charge on any atom is 0.339 e. The number of methoxy groups -OCH3 is 1. The molecule has 2 aromatic carbocycles. The summed E-state index contributed by atoms with van der Waals surface area (Å²) in [5.41, 5.74) is 4.62. The number of aryl methyl sites for hydroxylation is 1. The zero-order valence-electron chi connectivity index (χ0n) is 21.1. The van der Waals surface area contributed by atoms with E-state index in [0.717, 1.165) is 27.7 Å². The number of esters is 1. The summed E-state index contributed by atoms with van der Waals surface area (Å²) < 4.78 is 40.8. The van der Waals surface area contributed by atoms with E-state index in [9.17, 15) is 13.2 Å². The first kappa shape index (κ1) is 25.5. The van der Waals surface area contributed by atoms with Gasteiger partial charge in [0, 0.05) is 28.2 Å². The minimum atomic E-state index is -3.57. The lowest BCUT2D eigenvalue weighted by molar-refractivity contribution is -0.164. The van der Waals surface area contributed by atoms with E-state index in [1.807, 2.05) is 52.8 Å². The third-order valence-corrected chi connectivity index (χ3v) is 7.70. The molecular formula is C26H31ClN2O5S. The number of hydrogen-bond acceptors (Lipinski definition) is 5. The second-order valence-corrected chi connectivity index (χ2v) is 12.3. The van der Waals surface area contributed by atoms with Gasteiger partial charge in [0.15, 0.2) is 6.10 Å². The van der Waals surface area contributed by atoms with Crippen LogP contribution < -0.4 is 4.31 Å². The van der Waals surface area contributed by atoms with Crippen molar-refractivity contribution in [3.8, 4) is 11.1 Å². The van der Waals surface area contributed by atoms with Crippen molar-refractivity contribution in [2.24, 2.45) is 0 Å². The van der Waals surface area contributed by atoms with Gasteiger partial charge in [-0.1, -0.05) is 23.7 Å². The molecule has 1 aromatic heterocycles. The molecule has 0 saturated heterocycles. The molecule has 4 rings (SSSR count). The van der Waals surface area contributed by atoms with Crippen molar-refractivity contribution in [2.45, 2.75) is 52.9 Å². The molecule has 1 aliphatic heterocycles. The van der Waals surface area contributed by atoms with Gasteiger partial charge in [0.2, 0.25) is 10.0 Å². The number of anilines is 1. The van der Waals surface area contributed by atoms with E-state index >= 15 is 0 Å². The first-order valence-corrected chi connectivity index (χ1v) is 13.6. The summed E-state index contributed by atoms with van der Waals surface area (Å²) in [5, 5.41) is 1.44. The second kappa shape index (κ2) is 8.84. The van der Waals surface area contributed by atoms with E-state index in [1.54, 1.807) is 12.1 Å². The molecule has 2 heterocycles. The Morgan fingerprint density at radius 2 is 1.74 bits per heavy atom. The van der Waals surface area contributed by atoms with Crippen molar-refractivity contribution in [3.05, 3.63) is 52.2 Å². The van der Waals surface area contributed by atoms with Crippen LogP contribution in [0.25, 0.3) is 22.0 Å². The molecule has 0 saturated carbocycles. The number of halogens is 1. The summed E-state index contributed by atoms with van der Waals surface area (Å²) in [6.07, 6.45) is 0.137. The average molecular weight is 519 g/mol. The Labute approximate surface area is 211 Å². The molecule has 1 unspecified atom stereocenters. The molecule has 0 aliphatic carbocycles. The van der Waals surface area contributed by atoms with Crippen LogP contribution in [-0.4, -0.2) is 44.5 Å². The van der Waals surface area contributed by atoms with Gasteiger partial charge in [-0.25, -0.2) is 13.2 Å².